The summed E-state index contributed by atoms with van der Waals surface area (Å²) in [6.07, 6.45) is -0.510. The summed E-state index contributed by atoms with van der Waals surface area (Å²) in [6.45, 7) is 3.99. The molecule has 5 heteroatoms. The van der Waals surface area contributed by atoms with Crippen molar-refractivity contribution in [2.45, 2.75) is 19.6 Å². The van der Waals surface area contributed by atoms with Crippen LogP contribution in [0, 0.1) is 0 Å². The zero-order valence-electron chi connectivity index (χ0n) is 11.5. The predicted molar refractivity (Wildman–Crippen MR) is 73.8 cm³/mol. The number of carbonyl (C=O) groups excluding carboxylic acids is 1. The Balaban J connectivity index is 2.49. The van der Waals surface area contributed by atoms with Gasteiger partial charge in [-0.2, -0.15) is 0 Å². The summed E-state index contributed by atoms with van der Waals surface area (Å²) in [4.78, 5) is 13.1. The van der Waals surface area contributed by atoms with Crippen LogP contribution in [0.1, 0.15) is 22.8 Å². The molecular formula is C14H22N2O3. The molecule has 19 heavy (non-hydrogen) atoms. The lowest BCUT2D eigenvalue weighted by Gasteiger charge is -2.20. The van der Waals surface area contributed by atoms with Crippen molar-refractivity contribution in [3.63, 3.8) is 0 Å². The van der Waals surface area contributed by atoms with Crippen LogP contribution in [0.4, 0.5) is 0 Å². The lowest BCUT2D eigenvalue weighted by Crippen LogP contribution is -2.32. The van der Waals surface area contributed by atoms with Crippen LogP contribution in [0.15, 0.2) is 24.3 Å². The smallest absolute Gasteiger partial charge is 0.248 e. The second-order valence-electron chi connectivity index (χ2n) is 4.57. The van der Waals surface area contributed by atoms with E-state index >= 15 is 0 Å². The first-order valence-electron chi connectivity index (χ1n) is 6.36. The summed E-state index contributed by atoms with van der Waals surface area (Å²) >= 11 is 0. The van der Waals surface area contributed by atoms with Crippen molar-refractivity contribution in [2.24, 2.45) is 5.73 Å². The number of ether oxygens (including phenoxy) is 1. The van der Waals surface area contributed by atoms with Crippen LogP contribution in [-0.4, -0.2) is 48.8 Å². The van der Waals surface area contributed by atoms with E-state index in [1.165, 1.54) is 0 Å². The molecule has 0 spiro atoms. The monoisotopic (exact) mass is 266 g/mol. The summed E-state index contributed by atoms with van der Waals surface area (Å²) in [6, 6.07) is 7.20. The summed E-state index contributed by atoms with van der Waals surface area (Å²) in [5, 5.41) is 9.73. The molecule has 0 saturated heterocycles. The van der Waals surface area contributed by atoms with E-state index in [0.29, 0.717) is 31.9 Å². The molecule has 1 aromatic carbocycles. The third-order valence-electron chi connectivity index (χ3n) is 2.70. The average molecular weight is 266 g/mol. The first-order chi connectivity index (χ1) is 9.02. The molecule has 0 unspecified atom stereocenters. The first kappa shape index (κ1) is 15.6. The molecule has 0 heterocycles. The number of likely N-dealkylation sites (N-methyl/N-ethyl adjacent to an activating group) is 1. The molecule has 106 valence electrons. The van der Waals surface area contributed by atoms with Gasteiger partial charge in [-0.05, 0) is 31.7 Å². The number of hydrogen-bond donors (Lipinski definition) is 2. The molecule has 1 aromatic rings. The van der Waals surface area contributed by atoms with Gasteiger partial charge in [-0.25, -0.2) is 0 Å². The van der Waals surface area contributed by atoms with Crippen LogP contribution in [0.2, 0.25) is 0 Å². The number of rotatable bonds is 8. The van der Waals surface area contributed by atoms with Gasteiger partial charge in [-0.1, -0.05) is 12.1 Å². The molecule has 1 amide bonds. The number of aliphatic hydroxyl groups excluding tert-OH is 1. The van der Waals surface area contributed by atoms with Crippen molar-refractivity contribution in [2.75, 3.05) is 26.8 Å². The Morgan fingerprint density at radius 1 is 1.53 bits per heavy atom. The van der Waals surface area contributed by atoms with E-state index < -0.39 is 12.0 Å². The van der Waals surface area contributed by atoms with Gasteiger partial charge in [0.1, 0.15) is 0 Å². The van der Waals surface area contributed by atoms with Gasteiger partial charge in [0.25, 0.3) is 0 Å². The quantitative estimate of drug-likeness (QED) is 0.723. The Morgan fingerprint density at radius 3 is 2.89 bits per heavy atom. The molecule has 0 radical (unpaired) electrons. The molecule has 1 atom stereocenters. The molecule has 0 bridgehead atoms. The van der Waals surface area contributed by atoms with Crippen molar-refractivity contribution >= 4 is 5.91 Å². The minimum atomic E-state index is -0.510. The zero-order chi connectivity index (χ0) is 14.3. The number of nitrogens with zero attached hydrogens (tertiary/aromatic N) is 1. The Hall–Kier alpha value is -1.43. The van der Waals surface area contributed by atoms with E-state index in [0.717, 1.165) is 5.56 Å². The number of primary amides is 1. The van der Waals surface area contributed by atoms with E-state index in [-0.39, 0.29) is 0 Å². The fourth-order valence-corrected chi connectivity index (χ4v) is 1.87. The fraction of sp³-hybridized carbons (Fsp3) is 0.500. The van der Waals surface area contributed by atoms with Crippen LogP contribution < -0.4 is 5.73 Å². The maximum Gasteiger partial charge on any atom is 0.248 e. The van der Waals surface area contributed by atoms with Crippen molar-refractivity contribution in [1.29, 1.82) is 0 Å². The number of nitrogens with two attached hydrogens (primary N) is 1. The second kappa shape index (κ2) is 7.89. The van der Waals surface area contributed by atoms with Gasteiger partial charge in [0.05, 0.1) is 12.7 Å². The fourth-order valence-electron chi connectivity index (χ4n) is 1.87. The third-order valence-corrected chi connectivity index (χ3v) is 2.70. The van der Waals surface area contributed by atoms with Crippen molar-refractivity contribution in [1.82, 2.24) is 4.90 Å². The maximum atomic E-state index is 11.1. The molecule has 5 nitrogen and oxygen atoms in total. The van der Waals surface area contributed by atoms with Crippen LogP contribution in [0.5, 0.6) is 0 Å². The Kier molecular flexibility index (Phi) is 6.49. The molecule has 0 saturated carbocycles. The number of amides is 1. The van der Waals surface area contributed by atoms with Gasteiger partial charge in [-0.15, -0.1) is 0 Å². The Bertz CT molecular complexity index is 409. The summed E-state index contributed by atoms with van der Waals surface area (Å²) in [5.74, 6) is -0.430. The highest BCUT2D eigenvalue weighted by Crippen LogP contribution is 2.07. The number of aliphatic hydroxyl groups is 1. The van der Waals surface area contributed by atoms with Crippen LogP contribution >= 0.6 is 0 Å². The Labute approximate surface area is 114 Å². The lowest BCUT2D eigenvalue weighted by atomic mass is 10.1. The van der Waals surface area contributed by atoms with Crippen molar-refractivity contribution < 1.29 is 14.6 Å². The van der Waals surface area contributed by atoms with Crippen LogP contribution in [0.3, 0.4) is 0 Å². The van der Waals surface area contributed by atoms with E-state index in [1.54, 1.807) is 18.2 Å². The van der Waals surface area contributed by atoms with Gasteiger partial charge in [0, 0.05) is 25.3 Å². The normalized spacial score (nSPS) is 12.6. The molecule has 0 aliphatic heterocycles. The SMILES string of the molecule is CCOC[C@H](O)CN(C)Cc1cccc(C(N)=O)c1. The molecule has 0 aliphatic carbocycles. The van der Waals surface area contributed by atoms with Crippen LogP contribution in [-0.2, 0) is 11.3 Å². The predicted octanol–water partition coefficient (Wildman–Crippen LogP) is 0.615. The first-order valence-corrected chi connectivity index (χ1v) is 6.36. The summed E-state index contributed by atoms with van der Waals surface area (Å²) < 4.78 is 5.16. The molecule has 1 rings (SSSR count). The Morgan fingerprint density at radius 2 is 2.26 bits per heavy atom. The minimum Gasteiger partial charge on any atom is -0.389 e. The van der Waals surface area contributed by atoms with Crippen molar-refractivity contribution in [3.8, 4) is 0 Å². The van der Waals surface area contributed by atoms with E-state index in [9.17, 15) is 9.90 Å². The number of carbonyl (C=O) groups is 1. The van der Waals surface area contributed by atoms with Crippen molar-refractivity contribution in [3.05, 3.63) is 35.4 Å². The minimum absolute atomic E-state index is 0.335. The second-order valence-corrected chi connectivity index (χ2v) is 4.57. The van der Waals surface area contributed by atoms with Gasteiger partial charge in [-0.3, -0.25) is 9.69 Å². The third kappa shape index (κ3) is 5.83. The zero-order valence-corrected chi connectivity index (χ0v) is 11.5. The van der Waals surface area contributed by atoms with Gasteiger partial charge in [0.15, 0.2) is 0 Å². The molecule has 0 fully saturated rings. The molecule has 0 aliphatic rings. The summed E-state index contributed by atoms with van der Waals surface area (Å²) in [7, 11) is 1.91. The standard InChI is InChI=1S/C14H22N2O3/c1-3-19-10-13(17)9-16(2)8-11-5-4-6-12(7-11)14(15)18/h4-7,13,17H,3,8-10H2,1-2H3,(H2,15,18)/t13-/m1/s1. The molecule has 0 aromatic heterocycles. The maximum absolute atomic E-state index is 11.1. The van der Waals surface area contributed by atoms with E-state index in [1.807, 2.05) is 24.9 Å². The van der Waals surface area contributed by atoms with Gasteiger partial charge < -0.3 is 15.6 Å². The molecule has 3 N–H and O–H groups in total. The summed E-state index contributed by atoms with van der Waals surface area (Å²) in [5.41, 5.74) is 6.73. The van der Waals surface area contributed by atoms with Gasteiger partial charge in [0.2, 0.25) is 5.91 Å². The highest BCUT2D eigenvalue weighted by atomic mass is 16.5. The number of hydrogen-bond acceptors (Lipinski definition) is 4. The van der Waals surface area contributed by atoms with Gasteiger partial charge >= 0.3 is 0 Å². The van der Waals surface area contributed by atoms with E-state index in [2.05, 4.69) is 0 Å². The highest BCUT2D eigenvalue weighted by molar-refractivity contribution is 5.92. The largest absolute Gasteiger partial charge is 0.389 e. The lowest BCUT2D eigenvalue weighted by molar-refractivity contribution is 0.0244. The topological polar surface area (TPSA) is 75.8 Å². The average Bonchev–Trinajstić information content (AvgIpc) is 2.36. The highest BCUT2D eigenvalue weighted by Gasteiger charge is 2.09. The van der Waals surface area contributed by atoms with E-state index in [4.69, 9.17) is 10.5 Å². The van der Waals surface area contributed by atoms with Crippen LogP contribution in [0.25, 0.3) is 0 Å². The number of benzene rings is 1. The molecular weight excluding hydrogens is 244 g/mol.